The lowest BCUT2D eigenvalue weighted by Gasteiger charge is -2.02. The maximum Gasteiger partial charge on any atom is 0.113 e. The van der Waals surface area contributed by atoms with Gasteiger partial charge in [-0.3, -0.25) is 0 Å². The third-order valence-corrected chi connectivity index (χ3v) is 0.827. The Morgan fingerprint density at radius 2 is 1.40 bits per heavy atom. The van der Waals surface area contributed by atoms with Crippen LogP contribution in [0.3, 0.4) is 0 Å². The van der Waals surface area contributed by atoms with Crippen molar-refractivity contribution in [1.29, 1.82) is 0 Å². The van der Waals surface area contributed by atoms with Crippen molar-refractivity contribution in [2.24, 2.45) is 5.40 Å². The van der Waals surface area contributed by atoms with Crippen LogP contribution in [-0.2, 0) is 4.74 Å². The lowest BCUT2D eigenvalue weighted by Crippen LogP contribution is -2.32. The molecule has 10 heavy (non-hydrogen) atoms. The van der Waals surface area contributed by atoms with Gasteiger partial charge in [0.2, 0.25) is 0 Å². The van der Waals surface area contributed by atoms with Crippen molar-refractivity contribution in [3.63, 3.8) is 0 Å². The van der Waals surface area contributed by atoms with E-state index in [4.69, 9.17) is 10.1 Å². The van der Waals surface area contributed by atoms with Crippen LogP contribution in [0.15, 0.2) is 0 Å². The van der Waals surface area contributed by atoms with E-state index in [0.717, 1.165) is 13.2 Å². The summed E-state index contributed by atoms with van der Waals surface area (Å²) in [4.78, 5) is 0. The van der Waals surface area contributed by atoms with Crippen LogP contribution >= 0.6 is 0 Å². The Kier molecular flexibility index (Phi) is 4.94. The summed E-state index contributed by atoms with van der Waals surface area (Å²) in [5.41, 5.74) is 0. The first-order valence-electron chi connectivity index (χ1n) is 3.87. The van der Waals surface area contributed by atoms with E-state index < -0.39 is 8.24 Å². The van der Waals surface area contributed by atoms with Crippen molar-refractivity contribution < 1.29 is 4.74 Å². The SMILES string of the molecule is C1CCOC1.C[Si](C)(C)N. The number of nitrogens with two attached hydrogens (primary N) is 1. The van der Waals surface area contributed by atoms with E-state index in [2.05, 4.69) is 19.6 Å². The quantitative estimate of drug-likeness (QED) is 0.547. The van der Waals surface area contributed by atoms with Gasteiger partial charge in [0.25, 0.3) is 0 Å². The van der Waals surface area contributed by atoms with E-state index in [1.165, 1.54) is 12.8 Å². The largest absolute Gasteiger partial charge is 0.381 e. The Morgan fingerprint density at radius 3 is 1.50 bits per heavy atom. The Hall–Kier alpha value is 0.137. The van der Waals surface area contributed by atoms with Gasteiger partial charge in [0.15, 0.2) is 0 Å². The summed E-state index contributed by atoms with van der Waals surface area (Å²) < 4.78 is 4.94. The van der Waals surface area contributed by atoms with Crippen LogP contribution < -0.4 is 5.40 Å². The number of hydrogen-bond donors (Lipinski definition) is 1. The summed E-state index contributed by atoms with van der Waals surface area (Å²) in [6.45, 7) is 8.31. The van der Waals surface area contributed by atoms with Crippen molar-refractivity contribution in [3.8, 4) is 0 Å². The highest BCUT2D eigenvalue weighted by atomic mass is 28.3. The molecule has 0 aromatic rings. The van der Waals surface area contributed by atoms with Gasteiger partial charge in [-0.25, -0.2) is 0 Å². The Balaban J connectivity index is 0.000000162. The molecule has 1 heterocycles. The summed E-state index contributed by atoms with van der Waals surface area (Å²) in [7, 11) is -1.11. The molecule has 0 bridgehead atoms. The van der Waals surface area contributed by atoms with Crippen molar-refractivity contribution in [2.45, 2.75) is 32.5 Å². The van der Waals surface area contributed by atoms with Crippen molar-refractivity contribution in [3.05, 3.63) is 0 Å². The second-order valence-corrected chi connectivity index (χ2v) is 8.42. The minimum absolute atomic E-state index is 1.00. The van der Waals surface area contributed by atoms with E-state index in [1.807, 2.05) is 0 Å². The van der Waals surface area contributed by atoms with Crippen LogP contribution in [-0.4, -0.2) is 21.4 Å². The standard InChI is InChI=1S/C4H8O.C3H11NSi/c1-2-4-5-3-1;1-5(2,3)4/h1-4H2;4H2,1-3H3. The molecule has 1 aliphatic heterocycles. The normalized spacial score (nSPS) is 18.0. The molecular formula is C7H19NOSi. The van der Waals surface area contributed by atoms with Gasteiger partial charge in [0.1, 0.15) is 8.24 Å². The molecule has 0 radical (unpaired) electrons. The van der Waals surface area contributed by atoms with Gasteiger partial charge in [0, 0.05) is 13.2 Å². The highest BCUT2D eigenvalue weighted by Gasteiger charge is 2.00. The molecule has 0 aliphatic carbocycles. The molecule has 0 atom stereocenters. The monoisotopic (exact) mass is 161 g/mol. The van der Waals surface area contributed by atoms with E-state index in [9.17, 15) is 0 Å². The van der Waals surface area contributed by atoms with Crippen molar-refractivity contribution in [1.82, 2.24) is 0 Å². The second kappa shape index (κ2) is 4.88. The molecule has 2 nitrogen and oxygen atoms in total. The molecule has 0 aromatic carbocycles. The number of hydrogen-bond acceptors (Lipinski definition) is 2. The molecule has 3 heteroatoms. The predicted molar refractivity (Wildman–Crippen MR) is 47.6 cm³/mol. The Morgan fingerprint density at radius 1 is 1.10 bits per heavy atom. The topological polar surface area (TPSA) is 35.2 Å². The first-order valence-corrected chi connectivity index (χ1v) is 7.44. The maximum atomic E-state index is 5.49. The molecule has 0 aromatic heterocycles. The third kappa shape index (κ3) is 15.7. The Labute approximate surface area is 64.8 Å². The van der Waals surface area contributed by atoms with Crippen LogP contribution in [0.25, 0.3) is 0 Å². The summed E-state index contributed by atoms with van der Waals surface area (Å²) in [5.74, 6) is 0. The van der Waals surface area contributed by atoms with Crippen LogP contribution in [0, 0.1) is 0 Å². The number of ether oxygens (including phenoxy) is 1. The first-order chi connectivity index (χ1) is 4.50. The van der Waals surface area contributed by atoms with Gasteiger partial charge >= 0.3 is 0 Å². The van der Waals surface area contributed by atoms with Gasteiger partial charge in [-0.15, -0.1) is 0 Å². The zero-order valence-corrected chi connectivity index (χ0v) is 8.31. The fourth-order valence-corrected chi connectivity index (χ4v) is 0.510. The van der Waals surface area contributed by atoms with Crippen LogP contribution in [0.1, 0.15) is 12.8 Å². The van der Waals surface area contributed by atoms with Crippen LogP contribution in [0.5, 0.6) is 0 Å². The molecule has 0 amide bonds. The first kappa shape index (κ1) is 10.1. The molecule has 1 aliphatic rings. The fourth-order valence-electron chi connectivity index (χ4n) is 0.510. The minimum Gasteiger partial charge on any atom is -0.381 e. The molecule has 2 N–H and O–H groups in total. The van der Waals surface area contributed by atoms with Gasteiger partial charge in [-0.2, -0.15) is 0 Å². The maximum absolute atomic E-state index is 5.49. The van der Waals surface area contributed by atoms with Crippen molar-refractivity contribution in [2.75, 3.05) is 13.2 Å². The zero-order chi connectivity index (χ0) is 8.04. The third-order valence-electron chi connectivity index (χ3n) is 0.827. The fraction of sp³-hybridized carbons (Fsp3) is 1.00. The predicted octanol–water partition coefficient (Wildman–Crippen LogP) is 1.58. The van der Waals surface area contributed by atoms with Crippen molar-refractivity contribution >= 4 is 8.24 Å². The average Bonchev–Trinajstić information content (AvgIpc) is 2.07. The highest BCUT2D eigenvalue weighted by molar-refractivity contribution is 6.72. The van der Waals surface area contributed by atoms with E-state index >= 15 is 0 Å². The zero-order valence-electron chi connectivity index (χ0n) is 7.31. The lowest BCUT2D eigenvalue weighted by molar-refractivity contribution is 0.198. The summed E-state index contributed by atoms with van der Waals surface area (Å²) in [6.07, 6.45) is 2.56. The minimum atomic E-state index is -1.11. The molecule has 1 fully saturated rings. The van der Waals surface area contributed by atoms with E-state index in [0.29, 0.717) is 0 Å². The van der Waals surface area contributed by atoms with Gasteiger partial charge in [-0.1, -0.05) is 19.6 Å². The molecule has 62 valence electrons. The molecular weight excluding hydrogens is 142 g/mol. The van der Waals surface area contributed by atoms with Gasteiger partial charge in [0.05, 0.1) is 0 Å². The van der Waals surface area contributed by atoms with E-state index in [-0.39, 0.29) is 0 Å². The average molecular weight is 161 g/mol. The van der Waals surface area contributed by atoms with Crippen LogP contribution in [0.2, 0.25) is 19.6 Å². The number of rotatable bonds is 0. The highest BCUT2D eigenvalue weighted by Crippen LogP contribution is 1.98. The molecule has 0 saturated carbocycles. The van der Waals surface area contributed by atoms with Gasteiger partial charge in [-0.05, 0) is 12.8 Å². The Bertz CT molecular complexity index is 62.6. The second-order valence-electron chi connectivity index (χ2n) is 3.69. The summed E-state index contributed by atoms with van der Waals surface area (Å²) in [6, 6.07) is 0. The van der Waals surface area contributed by atoms with Crippen LogP contribution in [0.4, 0.5) is 0 Å². The molecule has 1 saturated heterocycles. The summed E-state index contributed by atoms with van der Waals surface area (Å²) >= 11 is 0. The smallest absolute Gasteiger partial charge is 0.113 e. The molecule has 1 rings (SSSR count). The molecule has 0 unspecified atom stereocenters. The van der Waals surface area contributed by atoms with E-state index in [1.54, 1.807) is 0 Å². The molecule has 0 spiro atoms. The summed E-state index contributed by atoms with van der Waals surface area (Å²) in [5, 5.41) is 5.49. The van der Waals surface area contributed by atoms with Gasteiger partial charge < -0.3 is 10.1 Å². The lowest BCUT2D eigenvalue weighted by atomic mass is 10.4.